The summed E-state index contributed by atoms with van der Waals surface area (Å²) in [5.74, 6) is 1.18. The maximum atomic E-state index is 12.8. The van der Waals surface area contributed by atoms with Crippen LogP contribution in [0.15, 0.2) is 49.1 Å². The summed E-state index contributed by atoms with van der Waals surface area (Å²) in [5.41, 5.74) is 4.85. The molecule has 0 radical (unpaired) electrons. The molecule has 12 heteroatoms. The van der Waals surface area contributed by atoms with Crippen molar-refractivity contribution in [3.05, 3.63) is 71.8 Å². The van der Waals surface area contributed by atoms with Crippen molar-refractivity contribution < 1.29 is 14.4 Å². The number of carbonyl (C=O) groups is 3. The number of aromatic nitrogens is 5. The lowest BCUT2D eigenvalue weighted by atomic mass is 10.1. The summed E-state index contributed by atoms with van der Waals surface area (Å²) in [6.45, 7) is 2.33. The van der Waals surface area contributed by atoms with Crippen LogP contribution in [0.2, 0.25) is 0 Å². The van der Waals surface area contributed by atoms with Crippen molar-refractivity contribution in [1.29, 1.82) is 0 Å². The average Bonchev–Trinajstić information content (AvgIpc) is 3.89. The summed E-state index contributed by atoms with van der Waals surface area (Å²) in [5, 5.41) is 6.27. The van der Waals surface area contributed by atoms with E-state index in [0.717, 1.165) is 46.8 Å². The molecular weight excluding hydrogens is 522 g/mol. The highest BCUT2D eigenvalue weighted by atomic mass is 16.2. The molecule has 4 aromatic heterocycles. The molecule has 5 heterocycles. The van der Waals surface area contributed by atoms with Gasteiger partial charge in [0.15, 0.2) is 5.65 Å². The molecule has 2 N–H and O–H groups in total. The lowest BCUT2D eigenvalue weighted by Crippen LogP contribution is -2.30. The summed E-state index contributed by atoms with van der Waals surface area (Å²) in [6.07, 6.45) is 10.3. The lowest BCUT2D eigenvalue weighted by molar-refractivity contribution is -0.124. The van der Waals surface area contributed by atoms with E-state index in [1.54, 1.807) is 18.5 Å². The first-order valence-electron chi connectivity index (χ1n) is 13.7. The van der Waals surface area contributed by atoms with Gasteiger partial charge < -0.3 is 15.0 Å². The Morgan fingerprint density at radius 1 is 1.07 bits per heavy atom. The highest BCUT2D eigenvalue weighted by Gasteiger charge is 2.46. The van der Waals surface area contributed by atoms with Gasteiger partial charge in [-0.25, -0.2) is 24.7 Å². The van der Waals surface area contributed by atoms with Gasteiger partial charge in [-0.1, -0.05) is 0 Å². The van der Waals surface area contributed by atoms with Crippen LogP contribution in [0.4, 0.5) is 22.0 Å². The van der Waals surface area contributed by atoms with E-state index in [1.807, 2.05) is 35.7 Å². The van der Waals surface area contributed by atoms with Crippen LogP contribution in [0.25, 0.3) is 5.65 Å². The molecule has 2 saturated carbocycles. The van der Waals surface area contributed by atoms with Crippen LogP contribution in [0, 0.1) is 12.8 Å². The number of amides is 4. The molecule has 4 amide bonds. The molecular formula is C29H29N9O3. The maximum absolute atomic E-state index is 12.8. The Labute approximate surface area is 235 Å². The van der Waals surface area contributed by atoms with E-state index in [-0.39, 0.29) is 36.2 Å². The van der Waals surface area contributed by atoms with Crippen molar-refractivity contribution >= 4 is 40.7 Å². The van der Waals surface area contributed by atoms with E-state index >= 15 is 0 Å². The Morgan fingerprint density at radius 3 is 2.66 bits per heavy atom. The summed E-state index contributed by atoms with van der Waals surface area (Å²) in [4.78, 5) is 58.3. The molecule has 0 unspecified atom stereocenters. The highest BCUT2D eigenvalue weighted by molar-refractivity contribution is 6.13. The van der Waals surface area contributed by atoms with Crippen LogP contribution in [-0.4, -0.2) is 60.7 Å². The zero-order chi connectivity index (χ0) is 28.2. The molecule has 2 aliphatic carbocycles. The second kappa shape index (κ2) is 9.65. The number of likely N-dealkylation sites (N-methyl/N-ethyl adjacent to an activating group) is 1. The van der Waals surface area contributed by atoms with Gasteiger partial charge in [0.1, 0.15) is 18.2 Å². The van der Waals surface area contributed by atoms with Crippen molar-refractivity contribution in [2.45, 2.75) is 44.6 Å². The number of rotatable bonds is 8. The van der Waals surface area contributed by atoms with Gasteiger partial charge in [0.25, 0.3) is 0 Å². The smallest absolute Gasteiger partial charge is 0.331 e. The second-order valence-corrected chi connectivity index (χ2v) is 11.0. The van der Waals surface area contributed by atoms with Gasteiger partial charge in [-0.05, 0) is 55.9 Å². The Balaban J connectivity index is 1.05. The fourth-order valence-electron chi connectivity index (χ4n) is 5.30. The summed E-state index contributed by atoms with van der Waals surface area (Å²) < 4.78 is 1.94. The number of anilines is 3. The van der Waals surface area contributed by atoms with E-state index in [1.165, 1.54) is 11.9 Å². The van der Waals surface area contributed by atoms with Crippen LogP contribution in [0.5, 0.6) is 0 Å². The van der Waals surface area contributed by atoms with E-state index in [0.29, 0.717) is 35.4 Å². The first kappa shape index (κ1) is 25.1. The predicted molar refractivity (Wildman–Crippen MR) is 150 cm³/mol. The number of pyridine rings is 2. The number of carbonyl (C=O) groups excluding carboxylic acids is 3. The SMILES string of the molecule is Cc1ccnc([C@H]2C[C@@H]2C(=O)Nc2cc(NCc3cn4cc(C5CC5)cc(N5CC(=O)N(C)C5=O)c4n3)ccn2)n1. The Morgan fingerprint density at radius 2 is 1.90 bits per heavy atom. The van der Waals surface area contributed by atoms with E-state index < -0.39 is 0 Å². The zero-order valence-corrected chi connectivity index (χ0v) is 22.7. The number of aryl methyl sites for hydroxylation is 1. The fourth-order valence-corrected chi connectivity index (χ4v) is 5.30. The third kappa shape index (κ3) is 4.85. The number of fused-ring (bicyclic) bond motifs is 1. The number of imide groups is 1. The number of hydrogen-bond donors (Lipinski definition) is 2. The molecule has 3 fully saturated rings. The number of urea groups is 1. The molecule has 1 saturated heterocycles. The van der Waals surface area contributed by atoms with Gasteiger partial charge in [0, 0.05) is 61.1 Å². The first-order valence-corrected chi connectivity index (χ1v) is 13.7. The largest absolute Gasteiger partial charge is 0.379 e. The van der Waals surface area contributed by atoms with Crippen LogP contribution < -0.4 is 15.5 Å². The Bertz CT molecular complexity index is 1710. The quantitative estimate of drug-likeness (QED) is 0.318. The maximum Gasteiger partial charge on any atom is 0.331 e. The molecule has 41 heavy (non-hydrogen) atoms. The van der Waals surface area contributed by atoms with Gasteiger partial charge in [0.2, 0.25) is 11.8 Å². The van der Waals surface area contributed by atoms with E-state index in [4.69, 9.17) is 4.98 Å². The van der Waals surface area contributed by atoms with Crippen LogP contribution in [0.3, 0.4) is 0 Å². The number of nitrogens with zero attached hydrogens (tertiary/aromatic N) is 7. The number of nitrogens with one attached hydrogen (secondary N) is 2. The minimum Gasteiger partial charge on any atom is -0.379 e. The molecule has 0 spiro atoms. The predicted octanol–water partition coefficient (Wildman–Crippen LogP) is 3.46. The van der Waals surface area contributed by atoms with Gasteiger partial charge in [-0.15, -0.1) is 0 Å². The third-order valence-corrected chi connectivity index (χ3v) is 7.88. The lowest BCUT2D eigenvalue weighted by Gasteiger charge is -2.17. The average molecular weight is 552 g/mol. The Hall–Kier alpha value is -4.87. The molecule has 208 valence electrons. The zero-order valence-electron chi connectivity index (χ0n) is 22.7. The minimum atomic E-state index is -0.345. The van der Waals surface area contributed by atoms with Crippen molar-refractivity contribution in [3.63, 3.8) is 0 Å². The van der Waals surface area contributed by atoms with Gasteiger partial charge in [-0.3, -0.25) is 19.4 Å². The van der Waals surface area contributed by atoms with E-state index in [2.05, 4.69) is 31.8 Å². The molecule has 0 aromatic carbocycles. The Kier molecular flexibility index (Phi) is 5.91. The molecule has 7 rings (SSSR count). The third-order valence-electron chi connectivity index (χ3n) is 7.88. The van der Waals surface area contributed by atoms with Crippen LogP contribution in [0.1, 0.15) is 53.9 Å². The van der Waals surface area contributed by atoms with Gasteiger partial charge in [0.05, 0.1) is 17.9 Å². The van der Waals surface area contributed by atoms with Crippen molar-refractivity contribution in [1.82, 2.24) is 29.2 Å². The summed E-state index contributed by atoms with van der Waals surface area (Å²) in [6, 6.07) is 7.11. The monoisotopic (exact) mass is 551 g/mol. The molecule has 1 aliphatic heterocycles. The highest BCUT2D eigenvalue weighted by Crippen LogP contribution is 2.46. The summed E-state index contributed by atoms with van der Waals surface area (Å²) >= 11 is 0. The first-order chi connectivity index (χ1) is 19.8. The van der Waals surface area contributed by atoms with Crippen molar-refractivity contribution in [3.8, 4) is 0 Å². The van der Waals surface area contributed by atoms with Crippen molar-refractivity contribution in [2.24, 2.45) is 5.92 Å². The topological polar surface area (TPSA) is 138 Å². The fraction of sp³-hybridized carbons (Fsp3) is 0.345. The molecule has 3 aliphatic rings. The van der Waals surface area contributed by atoms with Crippen LogP contribution in [-0.2, 0) is 16.1 Å². The molecule has 0 bridgehead atoms. The second-order valence-electron chi connectivity index (χ2n) is 11.0. The molecule has 12 nitrogen and oxygen atoms in total. The van der Waals surface area contributed by atoms with E-state index in [9.17, 15) is 14.4 Å². The van der Waals surface area contributed by atoms with Crippen molar-refractivity contribution in [2.75, 3.05) is 29.1 Å². The normalized spacial score (nSPS) is 20.1. The van der Waals surface area contributed by atoms with Crippen LogP contribution >= 0.6 is 0 Å². The molecule has 2 atom stereocenters. The number of hydrogen-bond acceptors (Lipinski definition) is 8. The van der Waals surface area contributed by atoms with Gasteiger partial charge in [-0.2, -0.15) is 0 Å². The number of imidazole rings is 1. The minimum absolute atomic E-state index is 0.00465. The standard InChI is InChI=1S/C29H29N9O3/c1-16-5-7-31-26(33-16)21-11-22(21)28(40)35-24-10-19(6-8-30-24)32-12-20-14-37-13-18(17-3-4-17)9-23(27(37)34-20)38-15-25(39)36(2)29(38)41/h5-10,13-14,17,21-22H,3-4,11-12,15H2,1-2H3,(H2,30,32,35,40)/t21-,22-/m0/s1. The van der Waals surface area contributed by atoms with Gasteiger partial charge >= 0.3 is 6.03 Å². The summed E-state index contributed by atoms with van der Waals surface area (Å²) in [7, 11) is 1.50. The molecule has 4 aromatic rings.